The van der Waals surface area contributed by atoms with Gasteiger partial charge in [0.05, 0.1) is 17.8 Å². The Morgan fingerprint density at radius 3 is 2.73 bits per heavy atom. The zero-order valence-electron chi connectivity index (χ0n) is 13.5. The van der Waals surface area contributed by atoms with E-state index in [1.165, 1.54) is 22.7 Å². The summed E-state index contributed by atoms with van der Waals surface area (Å²) in [5.74, 6) is -1.32. The van der Waals surface area contributed by atoms with E-state index in [-0.39, 0.29) is 17.9 Å². The van der Waals surface area contributed by atoms with Crippen molar-refractivity contribution in [3.63, 3.8) is 0 Å². The molecule has 4 rings (SSSR count). The zero-order valence-corrected chi connectivity index (χ0v) is 13.5. The third-order valence-electron chi connectivity index (χ3n) is 3.96. The Morgan fingerprint density at radius 1 is 1.08 bits per heavy atom. The van der Waals surface area contributed by atoms with Crippen molar-refractivity contribution >= 4 is 33.9 Å². The lowest BCUT2D eigenvalue weighted by atomic mass is 10.1. The van der Waals surface area contributed by atoms with Gasteiger partial charge in [0, 0.05) is 11.6 Å². The van der Waals surface area contributed by atoms with E-state index in [4.69, 9.17) is 5.11 Å². The fraction of sp³-hybridized carbons (Fsp3) is 0.0526. The van der Waals surface area contributed by atoms with Crippen molar-refractivity contribution in [2.75, 3.05) is 0 Å². The molecule has 2 aromatic carbocycles. The maximum absolute atomic E-state index is 13.6. The maximum atomic E-state index is 13.6. The second-order valence-corrected chi connectivity index (χ2v) is 5.73. The second kappa shape index (κ2) is 6.36. The molecule has 0 radical (unpaired) electrons. The number of hydrogen-bond acceptors (Lipinski definition) is 4. The first-order valence-corrected chi connectivity index (χ1v) is 7.89. The monoisotopic (exact) mass is 348 g/mol. The highest BCUT2D eigenvalue weighted by Gasteiger charge is 2.15. The third-order valence-corrected chi connectivity index (χ3v) is 3.96. The number of hydrogen-bond donors (Lipinski definition) is 1. The van der Waals surface area contributed by atoms with Crippen LogP contribution in [0.3, 0.4) is 0 Å². The van der Waals surface area contributed by atoms with Crippen LogP contribution in [0.1, 0.15) is 5.69 Å². The summed E-state index contributed by atoms with van der Waals surface area (Å²) in [6.45, 7) is 0. The highest BCUT2D eigenvalue weighted by Crippen LogP contribution is 2.29. The van der Waals surface area contributed by atoms with E-state index in [9.17, 15) is 9.18 Å². The molecule has 0 saturated heterocycles. The Balaban J connectivity index is 1.86. The molecule has 0 bridgehead atoms. The summed E-state index contributed by atoms with van der Waals surface area (Å²) in [5, 5.41) is 19.5. The van der Waals surface area contributed by atoms with Gasteiger partial charge in [0.2, 0.25) is 0 Å². The van der Waals surface area contributed by atoms with Gasteiger partial charge >= 0.3 is 5.97 Å². The van der Waals surface area contributed by atoms with Gasteiger partial charge in [-0.25, -0.2) is 9.37 Å². The predicted octanol–water partition coefficient (Wildman–Crippen LogP) is 4.67. The van der Waals surface area contributed by atoms with E-state index >= 15 is 0 Å². The standard InChI is InChI=1S/C19H13FN4O2/c20-13-8-9-17-21-16(10-18(25)26)19(24(17)11-13)23-22-15-7-3-5-12-4-1-2-6-14(12)15/h1-9,11H,10H2,(H,25,26). The van der Waals surface area contributed by atoms with Gasteiger partial charge in [-0.2, -0.15) is 0 Å². The van der Waals surface area contributed by atoms with Crippen LogP contribution >= 0.6 is 0 Å². The normalized spacial score (nSPS) is 11.6. The number of carboxylic acids is 1. The van der Waals surface area contributed by atoms with Crippen LogP contribution in [-0.4, -0.2) is 20.5 Å². The molecular formula is C19H13FN4O2. The topological polar surface area (TPSA) is 79.3 Å². The van der Waals surface area contributed by atoms with Crippen molar-refractivity contribution in [2.45, 2.75) is 6.42 Å². The average Bonchev–Trinajstić information content (AvgIpc) is 2.95. The van der Waals surface area contributed by atoms with Crippen LogP contribution in [0.15, 0.2) is 71.0 Å². The summed E-state index contributed by atoms with van der Waals surface area (Å²) in [5.41, 5.74) is 1.28. The van der Waals surface area contributed by atoms with Crippen LogP contribution in [-0.2, 0) is 11.2 Å². The number of aliphatic carboxylic acids is 1. The highest BCUT2D eigenvalue weighted by atomic mass is 19.1. The van der Waals surface area contributed by atoms with Crippen LogP contribution in [0.2, 0.25) is 0 Å². The Hall–Kier alpha value is -3.61. The maximum Gasteiger partial charge on any atom is 0.309 e. The van der Waals surface area contributed by atoms with Gasteiger partial charge in [0.15, 0.2) is 5.82 Å². The first-order chi connectivity index (χ1) is 12.6. The van der Waals surface area contributed by atoms with Gasteiger partial charge in [-0.1, -0.05) is 36.4 Å². The molecule has 0 aliphatic heterocycles. The van der Waals surface area contributed by atoms with Gasteiger partial charge in [-0.15, -0.1) is 10.2 Å². The first-order valence-electron chi connectivity index (χ1n) is 7.89. The van der Waals surface area contributed by atoms with Gasteiger partial charge in [-0.05, 0) is 23.6 Å². The van der Waals surface area contributed by atoms with E-state index in [0.29, 0.717) is 11.3 Å². The smallest absolute Gasteiger partial charge is 0.309 e. The summed E-state index contributed by atoms with van der Waals surface area (Å²) in [7, 11) is 0. The quantitative estimate of drug-likeness (QED) is 0.544. The number of carbonyl (C=O) groups is 1. The Labute approximate surface area is 147 Å². The number of aromatic nitrogens is 2. The molecule has 1 N–H and O–H groups in total. The molecular weight excluding hydrogens is 335 g/mol. The van der Waals surface area contributed by atoms with Gasteiger partial charge in [0.1, 0.15) is 11.5 Å². The van der Waals surface area contributed by atoms with Crippen molar-refractivity contribution in [3.8, 4) is 0 Å². The van der Waals surface area contributed by atoms with Crippen molar-refractivity contribution in [1.82, 2.24) is 9.38 Å². The molecule has 0 aliphatic rings. The van der Waals surface area contributed by atoms with Crippen molar-refractivity contribution in [2.24, 2.45) is 10.2 Å². The zero-order chi connectivity index (χ0) is 18.1. The van der Waals surface area contributed by atoms with Crippen LogP contribution in [0.25, 0.3) is 16.4 Å². The van der Waals surface area contributed by atoms with Gasteiger partial charge in [-0.3, -0.25) is 9.20 Å². The molecule has 6 nitrogen and oxygen atoms in total. The Bertz CT molecular complexity index is 1160. The summed E-state index contributed by atoms with van der Waals surface area (Å²) in [6, 6.07) is 16.1. The lowest BCUT2D eigenvalue weighted by molar-refractivity contribution is -0.136. The number of carboxylic acid groups (broad SMARTS) is 1. The molecule has 0 atom stereocenters. The largest absolute Gasteiger partial charge is 0.481 e. The minimum Gasteiger partial charge on any atom is -0.481 e. The number of nitrogens with zero attached hydrogens (tertiary/aromatic N) is 4. The number of fused-ring (bicyclic) bond motifs is 2. The van der Waals surface area contributed by atoms with Crippen LogP contribution in [0, 0.1) is 5.82 Å². The summed E-state index contributed by atoms with van der Waals surface area (Å²) < 4.78 is 15.0. The lowest BCUT2D eigenvalue weighted by Gasteiger charge is -2.01. The molecule has 0 saturated carbocycles. The molecule has 2 aromatic heterocycles. The van der Waals surface area contributed by atoms with Crippen molar-refractivity contribution < 1.29 is 14.3 Å². The Kier molecular flexibility index (Phi) is 3.89. The number of imidazole rings is 1. The third kappa shape index (κ3) is 2.90. The first kappa shape index (κ1) is 15.9. The molecule has 26 heavy (non-hydrogen) atoms. The van der Waals surface area contributed by atoms with Gasteiger partial charge < -0.3 is 5.11 Å². The molecule has 4 aromatic rings. The number of azo groups is 1. The molecule has 0 amide bonds. The summed E-state index contributed by atoms with van der Waals surface area (Å²) in [4.78, 5) is 15.3. The average molecular weight is 348 g/mol. The lowest BCUT2D eigenvalue weighted by Crippen LogP contribution is -2.00. The predicted molar refractivity (Wildman–Crippen MR) is 94.6 cm³/mol. The molecule has 0 fully saturated rings. The van der Waals surface area contributed by atoms with E-state index in [0.717, 1.165) is 10.8 Å². The fourth-order valence-electron chi connectivity index (χ4n) is 2.82. The summed E-state index contributed by atoms with van der Waals surface area (Å²) >= 11 is 0. The SMILES string of the molecule is O=C(O)Cc1nc2ccc(F)cn2c1N=Nc1cccc2ccccc12. The van der Waals surface area contributed by atoms with Crippen LogP contribution in [0.4, 0.5) is 15.9 Å². The number of halogens is 1. The van der Waals surface area contributed by atoms with E-state index < -0.39 is 11.8 Å². The van der Waals surface area contributed by atoms with E-state index in [1.54, 1.807) is 0 Å². The van der Waals surface area contributed by atoms with Crippen LogP contribution < -0.4 is 0 Å². The number of benzene rings is 2. The van der Waals surface area contributed by atoms with Crippen LogP contribution in [0.5, 0.6) is 0 Å². The van der Waals surface area contributed by atoms with Crippen molar-refractivity contribution in [1.29, 1.82) is 0 Å². The van der Waals surface area contributed by atoms with E-state index in [1.807, 2.05) is 42.5 Å². The molecule has 128 valence electrons. The summed E-state index contributed by atoms with van der Waals surface area (Å²) in [6.07, 6.45) is 0.887. The molecule has 0 spiro atoms. The second-order valence-electron chi connectivity index (χ2n) is 5.73. The number of pyridine rings is 1. The minimum atomic E-state index is -1.05. The minimum absolute atomic E-state index is 0.204. The Morgan fingerprint density at radius 2 is 1.88 bits per heavy atom. The molecule has 2 heterocycles. The number of rotatable bonds is 4. The molecule has 0 aliphatic carbocycles. The van der Waals surface area contributed by atoms with Gasteiger partial charge in [0.25, 0.3) is 0 Å². The highest BCUT2D eigenvalue weighted by molar-refractivity contribution is 5.92. The molecule has 0 unspecified atom stereocenters. The van der Waals surface area contributed by atoms with E-state index in [2.05, 4.69) is 15.2 Å². The fourth-order valence-corrected chi connectivity index (χ4v) is 2.82. The van der Waals surface area contributed by atoms with Crippen molar-refractivity contribution in [3.05, 3.63) is 72.3 Å². The molecule has 7 heteroatoms.